The largest absolute Gasteiger partial charge is 0.374 e. The zero-order valence-corrected chi connectivity index (χ0v) is 13.0. The van der Waals surface area contributed by atoms with E-state index in [0.29, 0.717) is 13.0 Å². The first-order chi connectivity index (χ1) is 10.6. The lowest BCUT2D eigenvalue weighted by Crippen LogP contribution is -2.48. The van der Waals surface area contributed by atoms with Gasteiger partial charge in [-0.1, -0.05) is 12.1 Å². The van der Waals surface area contributed by atoms with Crippen LogP contribution in [0.1, 0.15) is 36.8 Å². The minimum Gasteiger partial charge on any atom is -0.374 e. The quantitative estimate of drug-likeness (QED) is 0.886. The van der Waals surface area contributed by atoms with Gasteiger partial charge in [-0.3, -0.25) is 9.59 Å². The molecule has 22 heavy (non-hydrogen) atoms. The number of benzene rings is 1. The highest BCUT2D eigenvalue weighted by molar-refractivity contribution is 5.88. The van der Waals surface area contributed by atoms with Crippen molar-refractivity contribution in [1.82, 2.24) is 10.6 Å². The predicted molar refractivity (Wildman–Crippen MR) is 85.7 cm³/mol. The second-order valence-electron chi connectivity index (χ2n) is 6.22. The molecule has 2 heterocycles. The number of anilines is 1. The number of aryl methyl sites for hydroxylation is 1. The Morgan fingerprint density at radius 3 is 3.05 bits per heavy atom. The molecule has 1 aromatic carbocycles. The second kappa shape index (κ2) is 6.38. The summed E-state index contributed by atoms with van der Waals surface area (Å²) in [6.07, 6.45) is 4.32. The van der Waals surface area contributed by atoms with E-state index in [0.717, 1.165) is 31.4 Å². The fraction of sp³-hybridized carbons (Fsp3) is 0.529. The van der Waals surface area contributed by atoms with Gasteiger partial charge in [0.1, 0.15) is 6.04 Å². The van der Waals surface area contributed by atoms with E-state index in [4.69, 9.17) is 0 Å². The smallest absolute Gasteiger partial charge is 0.242 e. The van der Waals surface area contributed by atoms with E-state index in [1.807, 2.05) is 0 Å². The molecule has 2 aliphatic heterocycles. The van der Waals surface area contributed by atoms with Crippen LogP contribution >= 0.6 is 0 Å². The van der Waals surface area contributed by atoms with E-state index in [1.54, 1.807) is 0 Å². The topological polar surface area (TPSA) is 61.4 Å². The first-order valence-electron chi connectivity index (χ1n) is 8.03. The average molecular weight is 301 g/mol. The van der Waals surface area contributed by atoms with Crippen molar-refractivity contribution in [1.29, 1.82) is 0 Å². The lowest BCUT2D eigenvalue weighted by atomic mass is 9.99. The molecule has 1 atom stereocenters. The average Bonchev–Trinajstić information content (AvgIpc) is 2.53. The standard InChI is InChI=1S/C17H23N3O2/c1-20-9-3-4-13-10-12(7-8-15(13)20)11-18-17(22)14-5-2-6-16(21)19-14/h7-8,10,14H,2-6,9,11H2,1H3,(H,18,22)(H,19,21)/t14-/m1/s1. The zero-order chi connectivity index (χ0) is 15.5. The lowest BCUT2D eigenvalue weighted by Gasteiger charge is -2.28. The third-order valence-electron chi connectivity index (χ3n) is 4.51. The zero-order valence-electron chi connectivity index (χ0n) is 13.0. The van der Waals surface area contributed by atoms with Gasteiger partial charge in [0, 0.05) is 32.2 Å². The first-order valence-corrected chi connectivity index (χ1v) is 8.03. The highest BCUT2D eigenvalue weighted by Gasteiger charge is 2.24. The van der Waals surface area contributed by atoms with Gasteiger partial charge in [0.2, 0.25) is 11.8 Å². The van der Waals surface area contributed by atoms with Crippen LogP contribution in [0.5, 0.6) is 0 Å². The van der Waals surface area contributed by atoms with Crippen molar-refractivity contribution in [3.05, 3.63) is 29.3 Å². The summed E-state index contributed by atoms with van der Waals surface area (Å²) in [5.41, 5.74) is 3.76. The molecule has 0 unspecified atom stereocenters. The number of piperidine rings is 1. The molecule has 0 aromatic heterocycles. The molecule has 118 valence electrons. The van der Waals surface area contributed by atoms with E-state index >= 15 is 0 Å². The summed E-state index contributed by atoms with van der Waals surface area (Å²) in [6, 6.07) is 6.02. The van der Waals surface area contributed by atoms with Crippen LogP contribution < -0.4 is 15.5 Å². The van der Waals surface area contributed by atoms with Gasteiger partial charge in [0.15, 0.2) is 0 Å². The highest BCUT2D eigenvalue weighted by atomic mass is 16.2. The van der Waals surface area contributed by atoms with Gasteiger partial charge >= 0.3 is 0 Å². The lowest BCUT2D eigenvalue weighted by molar-refractivity contribution is -0.131. The van der Waals surface area contributed by atoms with Crippen LogP contribution in [0.15, 0.2) is 18.2 Å². The minimum atomic E-state index is -0.370. The van der Waals surface area contributed by atoms with Crippen molar-refractivity contribution >= 4 is 17.5 Å². The Morgan fingerprint density at radius 2 is 2.23 bits per heavy atom. The molecule has 3 rings (SSSR count). The molecule has 5 nitrogen and oxygen atoms in total. The summed E-state index contributed by atoms with van der Waals surface area (Å²) in [7, 11) is 2.12. The number of hydrogen-bond donors (Lipinski definition) is 2. The van der Waals surface area contributed by atoms with Gasteiger partial charge in [-0.2, -0.15) is 0 Å². The summed E-state index contributed by atoms with van der Waals surface area (Å²) in [6.45, 7) is 1.62. The van der Waals surface area contributed by atoms with Gasteiger partial charge in [0.25, 0.3) is 0 Å². The molecule has 0 radical (unpaired) electrons. The van der Waals surface area contributed by atoms with E-state index < -0.39 is 0 Å². The van der Waals surface area contributed by atoms with E-state index in [-0.39, 0.29) is 17.9 Å². The van der Waals surface area contributed by atoms with Gasteiger partial charge in [-0.15, -0.1) is 0 Å². The van der Waals surface area contributed by atoms with Crippen molar-refractivity contribution < 1.29 is 9.59 Å². The number of rotatable bonds is 3. The Labute approximate surface area is 131 Å². The predicted octanol–water partition coefficient (Wildman–Crippen LogP) is 1.35. The number of carbonyl (C=O) groups is 2. The Morgan fingerprint density at radius 1 is 1.36 bits per heavy atom. The van der Waals surface area contributed by atoms with Crippen LogP contribution in [0.25, 0.3) is 0 Å². The van der Waals surface area contributed by atoms with E-state index in [9.17, 15) is 9.59 Å². The summed E-state index contributed by atoms with van der Waals surface area (Å²) in [5, 5.41) is 5.69. The molecule has 0 saturated carbocycles. The number of hydrogen-bond acceptors (Lipinski definition) is 3. The van der Waals surface area contributed by atoms with E-state index in [2.05, 4.69) is 40.8 Å². The second-order valence-corrected chi connectivity index (χ2v) is 6.22. The summed E-state index contributed by atoms with van der Waals surface area (Å²) < 4.78 is 0. The van der Waals surface area contributed by atoms with Gasteiger partial charge < -0.3 is 15.5 Å². The molecule has 0 bridgehead atoms. The maximum Gasteiger partial charge on any atom is 0.242 e. The van der Waals surface area contributed by atoms with Crippen molar-refractivity contribution in [2.45, 2.75) is 44.7 Å². The molecule has 0 aliphatic carbocycles. The molecule has 0 spiro atoms. The van der Waals surface area contributed by atoms with Crippen LogP contribution in [-0.4, -0.2) is 31.4 Å². The van der Waals surface area contributed by atoms with Crippen molar-refractivity contribution in [3.63, 3.8) is 0 Å². The number of nitrogens with one attached hydrogen (secondary N) is 2. The van der Waals surface area contributed by atoms with Crippen LogP contribution in [-0.2, 0) is 22.6 Å². The molecule has 1 saturated heterocycles. The summed E-state index contributed by atoms with van der Waals surface area (Å²) >= 11 is 0. The summed E-state index contributed by atoms with van der Waals surface area (Å²) in [4.78, 5) is 25.7. The number of fused-ring (bicyclic) bond motifs is 1. The summed E-state index contributed by atoms with van der Waals surface area (Å²) in [5.74, 6) is -0.105. The first kappa shape index (κ1) is 14.9. The number of carbonyl (C=O) groups excluding carboxylic acids is 2. The highest BCUT2D eigenvalue weighted by Crippen LogP contribution is 2.26. The minimum absolute atomic E-state index is 0.0248. The molecule has 5 heteroatoms. The fourth-order valence-corrected chi connectivity index (χ4v) is 3.26. The van der Waals surface area contributed by atoms with Gasteiger partial charge in [-0.25, -0.2) is 0 Å². The molecule has 2 aliphatic rings. The van der Waals surface area contributed by atoms with Gasteiger partial charge in [0.05, 0.1) is 0 Å². The van der Waals surface area contributed by atoms with E-state index in [1.165, 1.54) is 17.7 Å². The fourth-order valence-electron chi connectivity index (χ4n) is 3.26. The maximum absolute atomic E-state index is 12.1. The van der Waals surface area contributed by atoms with Crippen LogP contribution in [0, 0.1) is 0 Å². The van der Waals surface area contributed by atoms with Crippen molar-refractivity contribution in [3.8, 4) is 0 Å². The number of amides is 2. The van der Waals surface area contributed by atoms with Gasteiger partial charge in [-0.05, 0) is 42.9 Å². The van der Waals surface area contributed by atoms with Crippen LogP contribution in [0.2, 0.25) is 0 Å². The van der Waals surface area contributed by atoms with Crippen molar-refractivity contribution in [2.24, 2.45) is 0 Å². The molecule has 2 N–H and O–H groups in total. The molecular weight excluding hydrogens is 278 g/mol. The third kappa shape index (κ3) is 3.24. The van der Waals surface area contributed by atoms with Crippen molar-refractivity contribution in [2.75, 3.05) is 18.5 Å². The molecule has 1 fully saturated rings. The maximum atomic E-state index is 12.1. The van der Waals surface area contributed by atoms with Crippen LogP contribution in [0.4, 0.5) is 5.69 Å². The molecular formula is C17H23N3O2. The Kier molecular flexibility index (Phi) is 4.32. The SMILES string of the molecule is CN1CCCc2cc(CNC(=O)[C@H]3CCCC(=O)N3)ccc21. The monoisotopic (exact) mass is 301 g/mol. The molecule has 1 aromatic rings. The Hall–Kier alpha value is -2.04. The Balaban J connectivity index is 1.59. The normalized spacial score (nSPS) is 21.0. The van der Waals surface area contributed by atoms with Crippen LogP contribution in [0.3, 0.4) is 0 Å². The Bertz CT molecular complexity index is 585. The molecule has 2 amide bonds. The third-order valence-corrected chi connectivity index (χ3v) is 4.51. The number of nitrogens with zero attached hydrogens (tertiary/aromatic N) is 1.